The molecule has 1 fully saturated rings. The van der Waals surface area contributed by atoms with Gasteiger partial charge in [0.05, 0.1) is 0 Å². The second-order valence-corrected chi connectivity index (χ2v) is 6.01. The average molecular weight is 257 g/mol. The fourth-order valence-electron chi connectivity index (χ4n) is 2.68. The number of hydrogen-bond acceptors (Lipinski definition) is 2. The predicted molar refractivity (Wildman–Crippen MR) is 81.2 cm³/mol. The van der Waals surface area contributed by atoms with E-state index in [1.165, 1.54) is 34.3 Å². The van der Waals surface area contributed by atoms with E-state index in [1.54, 1.807) is 0 Å². The molecule has 0 aliphatic carbocycles. The van der Waals surface area contributed by atoms with Crippen LogP contribution >= 0.6 is 11.8 Å². The normalized spacial score (nSPS) is 24.3. The number of nitrogens with one attached hydrogen (secondary N) is 1. The first kappa shape index (κ1) is 12.1. The smallest absolute Gasteiger partial charge is 0.0420 e. The van der Waals surface area contributed by atoms with Crippen LogP contribution in [0.25, 0.3) is 10.8 Å². The van der Waals surface area contributed by atoms with Crippen molar-refractivity contribution in [1.29, 1.82) is 0 Å². The lowest BCUT2D eigenvalue weighted by Crippen LogP contribution is -2.39. The lowest BCUT2D eigenvalue weighted by Gasteiger charge is -2.31. The van der Waals surface area contributed by atoms with Gasteiger partial charge in [0.1, 0.15) is 0 Å². The molecule has 2 atom stereocenters. The molecule has 0 amide bonds. The van der Waals surface area contributed by atoms with Gasteiger partial charge in [-0.05, 0) is 22.8 Å². The molecule has 3 rings (SSSR count). The van der Waals surface area contributed by atoms with Gasteiger partial charge in [0.15, 0.2) is 0 Å². The van der Waals surface area contributed by atoms with Gasteiger partial charge in [0.25, 0.3) is 0 Å². The summed E-state index contributed by atoms with van der Waals surface area (Å²) in [7, 11) is 0. The van der Waals surface area contributed by atoms with Crippen LogP contribution in [0, 0.1) is 0 Å². The van der Waals surface area contributed by atoms with Gasteiger partial charge >= 0.3 is 0 Å². The second-order valence-electron chi connectivity index (χ2n) is 4.93. The lowest BCUT2D eigenvalue weighted by atomic mass is 9.99. The van der Waals surface area contributed by atoms with E-state index >= 15 is 0 Å². The van der Waals surface area contributed by atoms with Crippen LogP contribution < -0.4 is 5.32 Å². The summed E-state index contributed by atoms with van der Waals surface area (Å²) in [5, 5.41) is 6.54. The Balaban J connectivity index is 1.98. The molecule has 18 heavy (non-hydrogen) atoms. The fourth-order valence-corrected chi connectivity index (χ4v) is 3.94. The molecule has 1 nitrogen and oxygen atoms in total. The van der Waals surface area contributed by atoms with Gasteiger partial charge in [0.2, 0.25) is 0 Å². The summed E-state index contributed by atoms with van der Waals surface area (Å²) in [5.74, 6) is 2.43. The van der Waals surface area contributed by atoms with Gasteiger partial charge < -0.3 is 5.32 Å². The molecule has 1 aliphatic heterocycles. The van der Waals surface area contributed by atoms with Gasteiger partial charge in [-0.2, -0.15) is 11.8 Å². The van der Waals surface area contributed by atoms with E-state index < -0.39 is 0 Å². The zero-order valence-corrected chi connectivity index (χ0v) is 11.5. The van der Waals surface area contributed by atoms with Crippen LogP contribution in [0.1, 0.15) is 24.9 Å². The molecule has 0 spiro atoms. The topological polar surface area (TPSA) is 12.0 Å². The third-order valence-corrected chi connectivity index (χ3v) is 4.94. The van der Waals surface area contributed by atoms with Crippen LogP contribution in [-0.2, 0) is 0 Å². The van der Waals surface area contributed by atoms with E-state index in [4.69, 9.17) is 0 Å². The minimum atomic E-state index is 0.500. The Kier molecular flexibility index (Phi) is 3.57. The van der Waals surface area contributed by atoms with Gasteiger partial charge in [-0.3, -0.25) is 0 Å². The maximum absolute atomic E-state index is 3.79. The third-order valence-electron chi connectivity index (χ3n) is 3.73. The number of benzene rings is 2. The van der Waals surface area contributed by atoms with Crippen LogP contribution in [0.15, 0.2) is 42.5 Å². The second kappa shape index (κ2) is 5.33. The molecular weight excluding hydrogens is 238 g/mol. The van der Waals surface area contributed by atoms with Crippen molar-refractivity contribution in [3.8, 4) is 0 Å². The fraction of sp³-hybridized carbons (Fsp3) is 0.375. The summed E-state index contributed by atoms with van der Waals surface area (Å²) < 4.78 is 0. The van der Waals surface area contributed by atoms with E-state index in [-0.39, 0.29) is 0 Å². The molecule has 0 saturated carbocycles. The van der Waals surface area contributed by atoms with Crippen molar-refractivity contribution in [3.05, 3.63) is 48.0 Å². The standard InChI is InChI=1S/C16H19NS/c1-2-13-10-18-11-16(17-13)15-9-5-7-12-6-3-4-8-14(12)15/h3-9,13,16-17H,2,10-11H2,1H3. The first-order chi connectivity index (χ1) is 8.88. The summed E-state index contributed by atoms with van der Waals surface area (Å²) in [6, 6.07) is 16.5. The maximum Gasteiger partial charge on any atom is 0.0420 e. The van der Waals surface area contributed by atoms with E-state index in [9.17, 15) is 0 Å². The summed E-state index contributed by atoms with van der Waals surface area (Å²) in [6.45, 7) is 2.27. The quantitative estimate of drug-likeness (QED) is 0.873. The van der Waals surface area contributed by atoms with Crippen molar-refractivity contribution in [1.82, 2.24) is 5.32 Å². The Labute approximate surface area is 113 Å². The molecule has 0 aromatic heterocycles. The van der Waals surface area contributed by atoms with Crippen molar-refractivity contribution >= 4 is 22.5 Å². The minimum Gasteiger partial charge on any atom is -0.306 e. The monoisotopic (exact) mass is 257 g/mol. The van der Waals surface area contributed by atoms with Crippen molar-refractivity contribution < 1.29 is 0 Å². The largest absolute Gasteiger partial charge is 0.306 e. The van der Waals surface area contributed by atoms with Crippen LogP contribution in [0.2, 0.25) is 0 Å². The Bertz CT molecular complexity index is 532. The molecule has 2 unspecified atom stereocenters. The summed E-state index contributed by atoms with van der Waals surface area (Å²) in [5.41, 5.74) is 1.46. The highest BCUT2D eigenvalue weighted by Gasteiger charge is 2.22. The molecule has 0 radical (unpaired) electrons. The Morgan fingerprint density at radius 3 is 2.83 bits per heavy atom. The Hall–Kier alpha value is -0.990. The maximum atomic E-state index is 3.79. The molecule has 2 aromatic carbocycles. The summed E-state index contributed by atoms with van der Waals surface area (Å²) in [4.78, 5) is 0. The molecule has 1 N–H and O–H groups in total. The molecule has 2 heteroatoms. The van der Waals surface area contributed by atoms with Gasteiger partial charge in [-0.25, -0.2) is 0 Å². The molecule has 2 aromatic rings. The summed E-state index contributed by atoms with van der Waals surface area (Å²) in [6.07, 6.45) is 1.22. The van der Waals surface area contributed by atoms with Crippen molar-refractivity contribution in [2.75, 3.05) is 11.5 Å². The van der Waals surface area contributed by atoms with E-state index in [2.05, 4.69) is 66.5 Å². The van der Waals surface area contributed by atoms with Crippen LogP contribution in [0.4, 0.5) is 0 Å². The van der Waals surface area contributed by atoms with Crippen LogP contribution in [-0.4, -0.2) is 17.5 Å². The van der Waals surface area contributed by atoms with Gasteiger partial charge in [-0.1, -0.05) is 49.4 Å². The van der Waals surface area contributed by atoms with Gasteiger partial charge in [0, 0.05) is 23.6 Å². The number of rotatable bonds is 2. The highest BCUT2D eigenvalue weighted by molar-refractivity contribution is 7.99. The SMILES string of the molecule is CCC1CSCC(c2cccc3ccccc23)N1. The molecule has 1 saturated heterocycles. The van der Waals surface area contributed by atoms with Crippen molar-refractivity contribution in [2.45, 2.75) is 25.4 Å². The predicted octanol–water partition coefficient (Wildman–Crippen LogP) is 4.00. The first-order valence-corrected chi connectivity index (χ1v) is 7.85. The number of hydrogen-bond donors (Lipinski definition) is 1. The van der Waals surface area contributed by atoms with Crippen molar-refractivity contribution in [3.63, 3.8) is 0 Å². The Morgan fingerprint density at radius 1 is 1.11 bits per heavy atom. The number of fused-ring (bicyclic) bond motifs is 1. The van der Waals surface area contributed by atoms with Crippen molar-refractivity contribution in [2.24, 2.45) is 0 Å². The molecule has 1 aliphatic rings. The lowest BCUT2D eigenvalue weighted by molar-refractivity contribution is 0.468. The highest BCUT2D eigenvalue weighted by atomic mass is 32.2. The zero-order chi connectivity index (χ0) is 12.4. The van der Waals surface area contributed by atoms with E-state index in [1.807, 2.05) is 0 Å². The third kappa shape index (κ3) is 2.27. The molecule has 1 heterocycles. The van der Waals surface area contributed by atoms with Crippen LogP contribution in [0.5, 0.6) is 0 Å². The number of thioether (sulfide) groups is 1. The minimum absolute atomic E-state index is 0.500. The Morgan fingerprint density at radius 2 is 1.94 bits per heavy atom. The highest BCUT2D eigenvalue weighted by Crippen LogP contribution is 2.30. The summed E-state index contributed by atoms with van der Waals surface area (Å²) >= 11 is 2.08. The van der Waals surface area contributed by atoms with E-state index in [0.717, 1.165) is 0 Å². The molecule has 94 valence electrons. The molecule has 0 bridgehead atoms. The van der Waals surface area contributed by atoms with E-state index in [0.29, 0.717) is 12.1 Å². The first-order valence-electron chi connectivity index (χ1n) is 6.70. The zero-order valence-electron chi connectivity index (χ0n) is 10.7. The van der Waals surface area contributed by atoms with Gasteiger partial charge in [-0.15, -0.1) is 0 Å². The average Bonchev–Trinajstić information content (AvgIpc) is 2.47. The molecular formula is C16H19NS. The van der Waals surface area contributed by atoms with Crippen LogP contribution in [0.3, 0.4) is 0 Å².